The van der Waals surface area contributed by atoms with Gasteiger partial charge < -0.3 is 5.11 Å². The van der Waals surface area contributed by atoms with Crippen molar-refractivity contribution in [2.45, 2.75) is 26.2 Å². The summed E-state index contributed by atoms with van der Waals surface area (Å²) in [6, 6.07) is 5.85. The summed E-state index contributed by atoms with van der Waals surface area (Å²) in [5, 5.41) is 9.25. The second-order valence-corrected chi connectivity index (χ2v) is 4.65. The highest BCUT2D eigenvalue weighted by Gasteiger charge is 2.17. The zero-order valence-electron chi connectivity index (χ0n) is 9.15. The van der Waals surface area contributed by atoms with E-state index in [0.717, 1.165) is 16.6 Å². The van der Waals surface area contributed by atoms with Crippen molar-refractivity contribution in [3.63, 3.8) is 0 Å². The van der Waals surface area contributed by atoms with Crippen molar-refractivity contribution in [3.8, 4) is 5.88 Å². The van der Waals surface area contributed by atoms with Gasteiger partial charge in [-0.3, -0.25) is 0 Å². The van der Waals surface area contributed by atoms with Crippen molar-refractivity contribution in [1.29, 1.82) is 0 Å². The Morgan fingerprint density at radius 3 is 2.60 bits per heavy atom. The fourth-order valence-electron chi connectivity index (χ4n) is 1.64. The van der Waals surface area contributed by atoms with Gasteiger partial charge in [-0.2, -0.15) is 0 Å². The van der Waals surface area contributed by atoms with Crippen LogP contribution in [0, 0.1) is 0 Å². The molecule has 0 amide bonds. The summed E-state index contributed by atoms with van der Waals surface area (Å²) in [5.74, 6) is -0.0337. The first-order valence-corrected chi connectivity index (χ1v) is 4.94. The predicted octanol–water partition coefficient (Wildman–Crippen LogP) is 2.63. The number of rotatable bonds is 0. The predicted molar refractivity (Wildman–Crippen MR) is 59.9 cm³/mol. The van der Waals surface area contributed by atoms with Crippen molar-refractivity contribution in [3.05, 3.63) is 30.0 Å². The number of para-hydroxylation sites is 1. The largest absolute Gasteiger partial charge is 0.492 e. The number of fused-ring (bicyclic) bond motifs is 1. The molecule has 0 saturated heterocycles. The number of aromatic nitrogens is 2. The number of aromatic hydroxyl groups is 1. The molecule has 0 aliphatic rings. The van der Waals surface area contributed by atoms with Crippen molar-refractivity contribution < 1.29 is 5.11 Å². The molecule has 1 N–H and O–H groups in total. The molecule has 1 aromatic heterocycles. The fourth-order valence-corrected chi connectivity index (χ4v) is 1.64. The van der Waals surface area contributed by atoms with Gasteiger partial charge in [-0.15, -0.1) is 0 Å². The molecule has 0 unspecified atom stereocenters. The van der Waals surface area contributed by atoms with E-state index in [1.165, 1.54) is 6.20 Å². The second kappa shape index (κ2) is 3.19. The Morgan fingerprint density at radius 2 is 1.93 bits per heavy atom. The minimum absolute atomic E-state index is 0.0329. The van der Waals surface area contributed by atoms with Crippen LogP contribution in [0.3, 0.4) is 0 Å². The summed E-state index contributed by atoms with van der Waals surface area (Å²) in [6.07, 6.45) is 1.39. The lowest BCUT2D eigenvalue weighted by Crippen LogP contribution is -2.12. The van der Waals surface area contributed by atoms with Crippen LogP contribution in [-0.4, -0.2) is 15.1 Å². The Hall–Kier alpha value is -1.64. The first-order chi connectivity index (χ1) is 6.98. The molecule has 2 rings (SSSR count). The monoisotopic (exact) mass is 202 g/mol. The molecule has 0 saturated carbocycles. The second-order valence-electron chi connectivity index (χ2n) is 4.65. The summed E-state index contributed by atoms with van der Waals surface area (Å²) in [6.45, 7) is 6.41. The Kier molecular flexibility index (Phi) is 2.11. The van der Waals surface area contributed by atoms with Gasteiger partial charge in [0.05, 0.1) is 17.2 Å². The SMILES string of the molecule is CC(C)(C)c1cccc2nc(O)cnc12. The normalized spacial score (nSPS) is 11.9. The van der Waals surface area contributed by atoms with Crippen LogP contribution in [0.4, 0.5) is 0 Å². The van der Waals surface area contributed by atoms with Gasteiger partial charge in [-0.1, -0.05) is 32.9 Å². The molecule has 2 aromatic rings. The van der Waals surface area contributed by atoms with E-state index in [-0.39, 0.29) is 11.3 Å². The standard InChI is InChI=1S/C12H14N2O/c1-12(2,3)8-5-4-6-9-11(8)13-7-10(15)14-9/h4-7H,1-3H3,(H,14,15). The Balaban J connectivity index is 2.77. The molecule has 3 nitrogen and oxygen atoms in total. The van der Waals surface area contributed by atoms with Gasteiger partial charge in [0.25, 0.3) is 0 Å². The van der Waals surface area contributed by atoms with Crippen LogP contribution in [0.15, 0.2) is 24.4 Å². The van der Waals surface area contributed by atoms with E-state index in [0.29, 0.717) is 0 Å². The molecule has 0 aliphatic heterocycles. The van der Waals surface area contributed by atoms with E-state index in [1.54, 1.807) is 0 Å². The maximum atomic E-state index is 9.25. The molecule has 0 spiro atoms. The summed E-state index contributed by atoms with van der Waals surface area (Å²) in [4.78, 5) is 8.28. The highest BCUT2D eigenvalue weighted by Crippen LogP contribution is 2.28. The molecule has 15 heavy (non-hydrogen) atoms. The summed E-state index contributed by atoms with van der Waals surface area (Å²) >= 11 is 0. The van der Waals surface area contributed by atoms with Crippen molar-refractivity contribution >= 4 is 11.0 Å². The van der Waals surface area contributed by atoms with Crippen LogP contribution < -0.4 is 0 Å². The lowest BCUT2D eigenvalue weighted by molar-refractivity contribution is 0.453. The zero-order valence-corrected chi connectivity index (χ0v) is 9.15. The first-order valence-electron chi connectivity index (χ1n) is 4.94. The van der Waals surface area contributed by atoms with Crippen LogP contribution in [0.1, 0.15) is 26.3 Å². The van der Waals surface area contributed by atoms with Gasteiger partial charge in [0.2, 0.25) is 5.88 Å². The molecule has 1 aromatic carbocycles. The van der Waals surface area contributed by atoms with E-state index in [9.17, 15) is 5.11 Å². The average Bonchev–Trinajstić information content (AvgIpc) is 2.15. The summed E-state index contributed by atoms with van der Waals surface area (Å²) in [5.41, 5.74) is 2.78. The van der Waals surface area contributed by atoms with Gasteiger partial charge >= 0.3 is 0 Å². The summed E-state index contributed by atoms with van der Waals surface area (Å²) < 4.78 is 0. The minimum atomic E-state index is -0.0337. The quantitative estimate of drug-likeness (QED) is 0.714. The highest BCUT2D eigenvalue weighted by atomic mass is 16.3. The molecule has 0 radical (unpaired) electrons. The maximum absolute atomic E-state index is 9.25. The Labute approximate surface area is 88.8 Å². The molecule has 1 heterocycles. The molecule has 0 fully saturated rings. The van der Waals surface area contributed by atoms with E-state index < -0.39 is 0 Å². The van der Waals surface area contributed by atoms with Gasteiger partial charge in [-0.25, -0.2) is 9.97 Å². The van der Waals surface area contributed by atoms with E-state index in [4.69, 9.17) is 0 Å². The molecule has 3 heteroatoms. The minimum Gasteiger partial charge on any atom is -0.492 e. The molecular weight excluding hydrogens is 188 g/mol. The van der Waals surface area contributed by atoms with Gasteiger partial charge in [0, 0.05) is 0 Å². The highest BCUT2D eigenvalue weighted by molar-refractivity contribution is 5.79. The van der Waals surface area contributed by atoms with Crippen LogP contribution in [0.2, 0.25) is 0 Å². The van der Waals surface area contributed by atoms with Crippen molar-refractivity contribution in [2.75, 3.05) is 0 Å². The smallest absolute Gasteiger partial charge is 0.230 e. The lowest BCUT2D eigenvalue weighted by Gasteiger charge is -2.20. The lowest BCUT2D eigenvalue weighted by atomic mass is 9.86. The molecule has 0 atom stereocenters. The maximum Gasteiger partial charge on any atom is 0.230 e. The first kappa shape index (κ1) is 9.90. The Morgan fingerprint density at radius 1 is 1.20 bits per heavy atom. The van der Waals surface area contributed by atoms with Gasteiger partial charge in [0.1, 0.15) is 0 Å². The molecule has 78 valence electrons. The van der Waals surface area contributed by atoms with Crippen molar-refractivity contribution in [2.24, 2.45) is 0 Å². The van der Waals surface area contributed by atoms with Gasteiger partial charge in [0.15, 0.2) is 0 Å². The number of benzene rings is 1. The third-order valence-corrected chi connectivity index (χ3v) is 2.37. The third-order valence-electron chi connectivity index (χ3n) is 2.37. The number of hydrogen-bond donors (Lipinski definition) is 1. The van der Waals surface area contributed by atoms with E-state index in [2.05, 4.69) is 30.7 Å². The number of nitrogens with zero attached hydrogens (tertiary/aromatic N) is 2. The summed E-state index contributed by atoms with van der Waals surface area (Å²) in [7, 11) is 0. The fraction of sp³-hybridized carbons (Fsp3) is 0.333. The zero-order chi connectivity index (χ0) is 11.1. The van der Waals surface area contributed by atoms with E-state index in [1.807, 2.05) is 18.2 Å². The molecular formula is C12H14N2O. The average molecular weight is 202 g/mol. The van der Waals surface area contributed by atoms with Crippen LogP contribution in [0.25, 0.3) is 11.0 Å². The van der Waals surface area contributed by atoms with E-state index >= 15 is 0 Å². The van der Waals surface area contributed by atoms with Crippen LogP contribution in [-0.2, 0) is 5.41 Å². The van der Waals surface area contributed by atoms with Crippen LogP contribution in [0.5, 0.6) is 5.88 Å². The van der Waals surface area contributed by atoms with Gasteiger partial charge in [-0.05, 0) is 17.0 Å². The topological polar surface area (TPSA) is 46.0 Å². The van der Waals surface area contributed by atoms with Crippen LogP contribution >= 0.6 is 0 Å². The molecule has 0 aliphatic carbocycles. The molecule has 0 bridgehead atoms. The Bertz CT molecular complexity index is 500. The third kappa shape index (κ3) is 1.77. The van der Waals surface area contributed by atoms with Crippen molar-refractivity contribution in [1.82, 2.24) is 9.97 Å². The number of hydrogen-bond acceptors (Lipinski definition) is 3.